The third-order valence-electron chi connectivity index (χ3n) is 5.21. The number of methoxy groups -OCH3 is 2. The molecule has 0 aliphatic carbocycles. The number of likely N-dealkylation sites (tertiary alicyclic amines) is 1. The third kappa shape index (κ3) is 7.50. The second kappa shape index (κ2) is 13.5. The predicted molar refractivity (Wildman–Crippen MR) is 129 cm³/mol. The molecule has 1 aliphatic rings. The van der Waals surface area contributed by atoms with Crippen molar-refractivity contribution < 1.29 is 19.4 Å². The quantitative estimate of drug-likeness (QED) is 0.269. The number of hydrogen-bond donors (Lipinski definition) is 3. The van der Waals surface area contributed by atoms with Crippen LogP contribution >= 0.6 is 24.0 Å². The molecule has 1 fully saturated rings. The van der Waals surface area contributed by atoms with Gasteiger partial charge >= 0.3 is 0 Å². The van der Waals surface area contributed by atoms with Crippen molar-refractivity contribution in [2.75, 3.05) is 47.4 Å². The fourth-order valence-electron chi connectivity index (χ4n) is 3.51. The summed E-state index contributed by atoms with van der Waals surface area (Å²) in [6.45, 7) is 4.66. The molecular weight excluding hydrogens is 499 g/mol. The Morgan fingerprint density at radius 3 is 2.57 bits per heavy atom. The van der Waals surface area contributed by atoms with Crippen molar-refractivity contribution in [3.05, 3.63) is 23.8 Å². The van der Waals surface area contributed by atoms with Crippen molar-refractivity contribution in [1.82, 2.24) is 15.5 Å². The van der Waals surface area contributed by atoms with Crippen molar-refractivity contribution in [2.24, 2.45) is 10.9 Å². The highest BCUT2D eigenvalue weighted by Gasteiger charge is 2.23. The van der Waals surface area contributed by atoms with Gasteiger partial charge in [0, 0.05) is 38.7 Å². The van der Waals surface area contributed by atoms with Crippen LogP contribution in [0.5, 0.6) is 11.5 Å². The lowest BCUT2D eigenvalue weighted by atomic mass is 9.93. The zero-order valence-electron chi connectivity index (χ0n) is 18.3. The van der Waals surface area contributed by atoms with Crippen LogP contribution in [0.1, 0.15) is 37.9 Å². The Morgan fingerprint density at radius 1 is 1.30 bits per heavy atom. The first-order valence-electron chi connectivity index (χ1n) is 10.2. The van der Waals surface area contributed by atoms with Crippen LogP contribution in [0, 0.1) is 5.92 Å². The zero-order valence-corrected chi connectivity index (χ0v) is 20.6. The highest BCUT2D eigenvalue weighted by Crippen LogP contribution is 2.29. The number of guanidine groups is 1. The van der Waals surface area contributed by atoms with Gasteiger partial charge in [-0.25, -0.2) is 0 Å². The first-order valence-corrected chi connectivity index (χ1v) is 10.2. The van der Waals surface area contributed by atoms with Gasteiger partial charge in [0.2, 0.25) is 5.91 Å². The molecule has 1 amide bonds. The van der Waals surface area contributed by atoms with E-state index in [4.69, 9.17) is 9.47 Å². The lowest BCUT2D eigenvalue weighted by Crippen LogP contribution is -2.46. The fraction of sp³-hybridized carbons (Fsp3) is 0.619. The number of carbonyl (C=O) groups excluding carboxylic acids is 1. The van der Waals surface area contributed by atoms with E-state index in [1.54, 1.807) is 39.5 Å². The Balaban J connectivity index is 0.00000450. The van der Waals surface area contributed by atoms with Gasteiger partial charge in [0.05, 0.1) is 20.8 Å². The number of aliphatic imine (C=N–C) groups is 1. The van der Waals surface area contributed by atoms with Gasteiger partial charge in [-0.1, -0.05) is 0 Å². The number of nitrogens with zero attached hydrogens (tertiary/aromatic N) is 2. The average molecular weight is 534 g/mol. The Hall–Kier alpha value is -1.75. The van der Waals surface area contributed by atoms with Gasteiger partial charge in [-0.2, -0.15) is 0 Å². The molecule has 0 spiro atoms. The van der Waals surface area contributed by atoms with E-state index in [2.05, 4.69) is 20.5 Å². The van der Waals surface area contributed by atoms with Crippen molar-refractivity contribution in [2.45, 2.75) is 32.3 Å². The van der Waals surface area contributed by atoms with Gasteiger partial charge < -0.3 is 30.1 Å². The summed E-state index contributed by atoms with van der Waals surface area (Å²) in [5, 5.41) is 16.7. The van der Waals surface area contributed by atoms with E-state index in [0.717, 1.165) is 38.4 Å². The van der Waals surface area contributed by atoms with Crippen molar-refractivity contribution in [3.63, 3.8) is 0 Å². The molecule has 30 heavy (non-hydrogen) atoms. The number of carbonyl (C=O) groups is 1. The molecule has 1 aromatic carbocycles. The predicted octanol–water partition coefficient (Wildman–Crippen LogP) is 2.17. The first-order chi connectivity index (χ1) is 14.0. The molecule has 0 aromatic heterocycles. The minimum Gasteiger partial charge on any atom is -0.497 e. The SMILES string of the molecule is CCNC(=NCC(O)c1cc(OC)ccc1OC)N1CCC(CC(=O)NC)CC1.I. The van der Waals surface area contributed by atoms with E-state index in [0.29, 0.717) is 29.4 Å². The number of halogens is 1. The number of ether oxygens (including phenoxy) is 2. The summed E-state index contributed by atoms with van der Waals surface area (Å²) in [7, 11) is 4.84. The fourth-order valence-corrected chi connectivity index (χ4v) is 3.51. The lowest BCUT2D eigenvalue weighted by Gasteiger charge is -2.34. The van der Waals surface area contributed by atoms with Crippen LogP contribution in [0.15, 0.2) is 23.2 Å². The molecule has 0 saturated carbocycles. The largest absolute Gasteiger partial charge is 0.497 e. The zero-order chi connectivity index (χ0) is 21.2. The number of piperidine rings is 1. The van der Waals surface area contributed by atoms with E-state index in [1.807, 2.05) is 6.92 Å². The van der Waals surface area contributed by atoms with Crippen molar-refractivity contribution in [1.29, 1.82) is 0 Å². The van der Waals surface area contributed by atoms with E-state index in [-0.39, 0.29) is 36.4 Å². The number of rotatable bonds is 8. The monoisotopic (exact) mass is 534 g/mol. The number of hydrogen-bond acceptors (Lipinski definition) is 5. The van der Waals surface area contributed by atoms with Gasteiger partial charge in [-0.3, -0.25) is 9.79 Å². The van der Waals surface area contributed by atoms with Gasteiger partial charge in [0.1, 0.15) is 17.6 Å². The van der Waals surface area contributed by atoms with E-state index in [1.165, 1.54) is 0 Å². The Morgan fingerprint density at radius 2 is 2.00 bits per heavy atom. The number of aliphatic hydroxyl groups excluding tert-OH is 1. The summed E-state index contributed by atoms with van der Waals surface area (Å²) in [5.41, 5.74) is 0.649. The molecule has 8 nitrogen and oxygen atoms in total. The normalized spacial score (nSPS) is 15.8. The summed E-state index contributed by atoms with van der Waals surface area (Å²) in [5.74, 6) is 2.55. The molecule has 1 atom stereocenters. The molecule has 2 rings (SSSR count). The number of aliphatic hydroxyl groups is 1. The van der Waals surface area contributed by atoms with E-state index < -0.39 is 6.10 Å². The molecule has 3 N–H and O–H groups in total. The van der Waals surface area contributed by atoms with Crippen LogP contribution in [0.3, 0.4) is 0 Å². The Kier molecular flexibility index (Phi) is 11.9. The summed E-state index contributed by atoms with van der Waals surface area (Å²) in [4.78, 5) is 18.4. The second-order valence-corrected chi connectivity index (χ2v) is 7.13. The number of nitrogens with one attached hydrogen (secondary N) is 2. The minimum atomic E-state index is -0.806. The summed E-state index contributed by atoms with van der Waals surface area (Å²) in [6, 6.07) is 5.35. The van der Waals surface area contributed by atoms with Crippen LogP contribution in [0.25, 0.3) is 0 Å². The van der Waals surface area contributed by atoms with E-state index in [9.17, 15) is 9.90 Å². The molecule has 1 unspecified atom stereocenters. The summed E-state index contributed by atoms with van der Waals surface area (Å²) in [6.07, 6.45) is 1.67. The topological polar surface area (TPSA) is 95.4 Å². The highest BCUT2D eigenvalue weighted by atomic mass is 127. The van der Waals surface area contributed by atoms with Crippen molar-refractivity contribution >= 4 is 35.8 Å². The van der Waals surface area contributed by atoms with Crippen LogP contribution in [-0.4, -0.2) is 69.3 Å². The molecule has 9 heteroatoms. The number of benzene rings is 1. The second-order valence-electron chi connectivity index (χ2n) is 7.13. The van der Waals surface area contributed by atoms with Crippen LogP contribution in [0.4, 0.5) is 0 Å². The van der Waals surface area contributed by atoms with Gasteiger partial charge in [-0.15, -0.1) is 24.0 Å². The molecule has 1 aliphatic heterocycles. The van der Waals surface area contributed by atoms with Gasteiger partial charge in [0.15, 0.2) is 5.96 Å². The molecule has 1 aromatic rings. The maximum absolute atomic E-state index is 11.6. The molecule has 1 saturated heterocycles. The van der Waals surface area contributed by atoms with Gasteiger partial charge in [0.25, 0.3) is 0 Å². The Bertz CT molecular complexity index is 694. The highest BCUT2D eigenvalue weighted by molar-refractivity contribution is 14.0. The maximum atomic E-state index is 11.6. The van der Waals surface area contributed by atoms with Crippen LogP contribution in [-0.2, 0) is 4.79 Å². The third-order valence-corrected chi connectivity index (χ3v) is 5.21. The smallest absolute Gasteiger partial charge is 0.220 e. The summed E-state index contributed by atoms with van der Waals surface area (Å²) >= 11 is 0. The van der Waals surface area contributed by atoms with E-state index >= 15 is 0 Å². The lowest BCUT2D eigenvalue weighted by molar-refractivity contribution is -0.121. The minimum absolute atomic E-state index is 0. The standard InChI is InChI=1S/C21H34N4O4.HI/c1-5-23-21(25-10-8-15(9-11-25)12-20(27)22-2)24-14-18(26)17-13-16(28-3)6-7-19(17)29-4;/h6-7,13,15,18,26H,5,8-12,14H2,1-4H3,(H,22,27)(H,23,24);1H. The molecule has 1 heterocycles. The van der Waals surface area contributed by atoms with Crippen molar-refractivity contribution in [3.8, 4) is 11.5 Å². The number of amides is 1. The molecular formula is C21H35IN4O4. The van der Waals surface area contributed by atoms with Gasteiger partial charge in [-0.05, 0) is 43.9 Å². The average Bonchev–Trinajstić information content (AvgIpc) is 2.76. The first kappa shape index (κ1) is 26.3. The summed E-state index contributed by atoms with van der Waals surface area (Å²) < 4.78 is 10.6. The van der Waals surface area contributed by atoms with Crippen LogP contribution < -0.4 is 20.1 Å². The molecule has 0 radical (unpaired) electrons. The molecule has 0 bridgehead atoms. The van der Waals surface area contributed by atoms with Crippen LogP contribution in [0.2, 0.25) is 0 Å². The Labute approximate surface area is 196 Å². The maximum Gasteiger partial charge on any atom is 0.220 e. The molecule has 170 valence electrons.